The van der Waals surface area contributed by atoms with E-state index in [-0.39, 0.29) is 18.0 Å². The lowest BCUT2D eigenvalue weighted by Crippen LogP contribution is -2.43. The van der Waals surface area contributed by atoms with Gasteiger partial charge in [0.1, 0.15) is 11.4 Å². The lowest BCUT2D eigenvalue weighted by Gasteiger charge is -2.19. The summed E-state index contributed by atoms with van der Waals surface area (Å²) in [6, 6.07) is 0. The van der Waals surface area contributed by atoms with Crippen LogP contribution in [0.5, 0.6) is 0 Å². The van der Waals surface area contributed by atoms with Crippen molar-refractivity contribution in [3.8, 4) is 0 Å². The molecule has 4 rings (SSSR count). The van der Waals surface area contributed by atoms with E-state index >= 15 is 0 Å². The van der Waals surface area contributed by atoms with Crippen molar-refractivity contribution >= 4 is 33.4 Å². The molecule has 3 heterocycles. The Balaban J connectivity index is 2.05. The summed E-state index contributed by atoms with van der Waals surface area (Å²) < 4.78 is 1.42. The Bertz CT molecular complexity index is 761. The van der Waals surface area contributed by atoms with Crippen molar-refractivity contribution in [3.63, 3.8) is 0 Å². The first-order valence-electron chi connectivity index (χ1n) is 6.34. The number of thiophene rings is 1. The summed E-state index contributed by atoms with van der Waals surface area (Å²) in [4.78, 5) is 30.5. The standard InChI is InChI=1S/C12H12N4O2S/c17-8-5-16-11(18)9-6-3-1-2-4-7(6)19-10(9)13-12(16)15-14-8/h1-5H2,(H,13,15)(H,14,17). The molecule has 1 aliphatic heterocycles. The molecule has 0 atom stereocenters. The number of aryl methyl sites for hydroxylation is 2. The van der Waals surface area contributed by atoms with E-state index in [1.54, 1.807) is 11.3 Å². The number of carbonyl (C=O) groups is 1. The van der Waals surface area contributed by atoms with Gasteiger partial charge in [0.25, 0.3) is 11.5 Å². The van der Waals surface area contributed by atoms with E-state index in [4.69, 9.17) is 0 Å². The van der Waals surface area contributed by atoms with Gasteiger partial charge in [-0.1, -0.05) is 0 Å². The molecule has 0 radical (unpaired) electrons. The summed E-state index contributed by atoms with van der Waals surface area (Å²) in [5.41, 5.74) is 6.23. The fourth-order valence-corrected chi connectivity index (χ4v) is 4.04. The number of anilines is 1. The average molecular weight is 276 g/mol. The Hall–Kier alpha value is -1.89. The van der Waals surface area contributed by atoms with Crippen molar-refractivity contribution in [2.24, 2.45) is 0 Å². The maximum absolute atomic E-state index is 12.6. The first-order chi connectivity index (χ1) is 9.24. The molecular formula is C12H12N4O2S. The molecule has 0 fully saturated rings. The van der Waals surface area contributed by atoms with Crippen molar-refractivity contribution in [1.82, 2.24) is 15.0 Å². The zero-order chi connectivity index (χ0) is 13.0. The van der Waals surface area contributed by atoms with Gasteiger partial charge in [-0.2, -0.15) is 0 Å². The Morgan fingerprint density at radius 3 is 2.89 bits per heavy atom. The number of nitrogens with zero attached hydrogens (tertiary/aromatic N) is 2. The molecule has 6 nitrogen and oxygen atoms in total. The van der Waals surface area contributed by atoms with Crippen LogP contribution in [0.2, 0.25) is 0 Å². The second-order valence-corrected chi connectivity index (χ2v) is 5.97. The summed E-state index contributed by atoms with van der Waals surface area (Å²) >= 11 is 1.61. The highest BCUT2D eigenvalue weighted by atomic mass is 32.1. The smallest absolute Gasteiger partial charge is 0.264 e. The van der Waals surface area contributed by atoms with Crippen LogP contribution in [-0.4, -0.2) is 15.5 Å². The SMILES string of the molecule is O=C1Cn2c(nc3sc4c(c3c2=O)CCCC4)NN1. The van der Waals surface area contributed by atoms with Crippen LogP contribution in [0.4, 0.5) is 5.95 Å². The van der Waals surface area contributed by atoms with Crippen LogP contribution in [0, 0.1) is 0 Å². The van der Waals surface area contributed by atoms with Gasteiger partial charge in [0.05, 0.1) is 5.39 Å². The summed E-state index contributed by atoms with van der Waals surface area (Å²) in [5, 5.41) is 0.722. The lowest BCUT2D eigenvalue weighted by atomic mass is 9.97. The minimum atomic E-state index is -0.222. The van der Waals surface area contributed by atoms with Crippen molar-refractivity contribution < 1.29 is 4.79 Å². The molecular weight excluding hydrogens is 264 g/mol. The number of nitrogens with one attached hydrogen (secondary N) is 2. The monoisotopic (exact) mass is 276 g/mol. The zero-order valence-corrected chi connectivity index (χ0v) is 11.0. The van der Waals surface area contributed by atoms with Crippen LogP contribution < -0.4 is 16.4 Å². The normalized spacial score (nSPS) is 17.6. The Kier molecular flexibility index (Phi) is 2.20. The number of fused-ring (bicyclic) bond motifs is 4. The van der Waals surface area contributed by atoms with E-state index in [0.29, 0.717) is 5.95 Å². The second kappa shape index (κ2) is 3.80. The molecule has 2 N–H and O–H groups in total. The van der Waals surface area contributed by atoms with E-state index < -0.39 is 0 Å². The molecule has 19 heavy (non-hydrogen) atoms. The zero-order valence-electron chi connectivity index (χ0n) is 10.2. The quantitative estimate of drug-likeness (QED) is 0.746. The average Bonchev–Trinajstić information content (AvgIpc) is 2.78. The largest absolute Gasteiger partial charge is 0.271 e. The number of hydrogen-bond acceptors (Lipinski definition) is 5. The number of hydrazine groups is 1. The Morgan fingerprint density at radius 2 is 2.00 bits per heavy atom. The first kappa shape index (κ1) is 11.0. The highest BCUT2D eigenvalue weighted by molar-refractivity contribution is 7.18. The molecule has 0 saturated heterocycles. The molecule has 2 aromatic heterocycles. The van der Waals surface area contributed by atoms with Crippen molar-refractivity contribution in [2.45, 2.75) is 32.2 Å². The molecule has 2 aromatic rings. The van der Waals surface area contributed by atoms with Gasteiger partial charge in [0.2, 0.25) is 5.95 Å². The minimum Gasteiger partial charge on any atom is -0.271 e. The van der Waals surface area contributed by atoms with E-state index in [2.05, 4.69) is 15.8 Å². The fourth-order valence-electron chi connectivity index (χ4n) is 2.79. The topological polar surface area (TPSA) is 76.0 Å². The van der Waals surface area contributed by atoms with E-state index in [1.807, 2.05) is 0 Å². The third-order valence-corrected chi connectivity index (χ3v) is 4.88. The molecule has 0 spiro atoms. The molecule has 0 saturated carbocycles. The molecule has 0 aromatic carbocycles. The third kappa shape index (κ3) is 1.51. The molecule has 98 valence electrons. The van der Waals surface area contributed by atoms with Gasteiger partial charge >= 0.3 is 0 Å². The Labute approximate surface area is 112 Å². The van der Waals surface area contributed by atoms with E-state index in [0.717, 1.165) is 35.0 Å². The summed E-state index contributed by atoms with van der Waals surface area (Å²) in [6.45, 7) is 0.0364. The van der Waals surface area contributed by atoms with Gasteiger partial charge < -0.3 is 0 Å². The molecule has 1 aliphatic carbocycles. The minimum absolute atomic E-state index is 0.0364. The maximum Gasteiger partial charge on any atom is 0.264 e. The first-order valence-corrected chi connectivity index (χ1v) is 7.15. The van der Waals surface area contributed by atoms with Crippen LogP contribution in [0.25, 0.3) is 10.2 Å². The molecule has 0 unspecified atom stereocenters. The number of rotatable bonds is 0. The van der Waals surface area contributed by atoms with Crippen molar-refractivity contribution in [3.05, 3.63) is 20.8 Å². The lowest BCUT2D eigenvalue weighted by molar-refractivity contribution is -0.121. The fraction of sp³-hybridized carbons (Fsp3) is 0.417. The van der Waals surface area contributed by atoms with Crippen molar-refractivity contribution in [2.75, 3.05) is 5.43 Å². The Morgan fingerprint density at radius 1 is 1.16 bits per heavy atom. The molecule has 2 aliphatic rings. The predicted octanol–water partition coefficient (Wildman–Crippen LogP) is 0.793. The van der Waals surface area contributed by atoms with Crippen LogP contribution >= 0.6 is 11.3 Å². The van der Waals surface area contributed by atoms with Gasteiger partial charge in [0.15, 0.2) is 0 Å². The maximum atomic E-state index is 12.6. The highest BCUT2D eigenvalue weighted by Gasteiger charge is 2.24. The van der Waals surface area contributed by atoms with Gasteiger partial charge in [-0.05, 0) is 31.2 Å². The summed E-state index contributed by atoms with van der Waals surface area (Å²) in [7, 11) is 0. The van der Waals surface area contributed by atoms with Crippen LogP contribution in [0.1, 0.15) is 23.3 Å². The molecule has 7 heteroatoms. The summed E-state index contributed by atoms with van der Waals surface area (Å²) in [5.74, 6) is 0.204. The van der Waals surface area contributed by atoms with Gasteiger partial charge in [-0.3, -0.25) is 25.0 Å². The predicted molar refractivity (Wildman–Crippen MR) is 72.3 cm³/mol. The second-order valence-electron chi connectivity index (χ2n) is 4.89. The van der Waals surface area contributed by atoms with Gasteiger partial charge in [0, 0.05) is 4.88 Å². The number of aromatic nitrogens is 2. The molecule has 0 bridgehead atoms. The number of hydrogen-bond donors (Lipinski definition) is 2. The number of amides is 1. The highest BCUT2D eigenvalue weighted by Crippen LogP contribution is 2.34. The van der Waals surface area contributed by atoms with E-state index in [1.165, 1.54) is 15.9 Å². The summed E-state index contributed by atoms with van der Waals surface area (Å²) in [6.07, 6.45) is 4.29. The van der Waals surface area contributed by atoms with E-state index in [9.17, 15) is 9.59 Å². The molecule has 1 amide bonds. The van der Waals surface area contributed by atoms with Gasteiger partial charge in [-0.15, -0.1) is 11.3 Å². The van der Waals surface area contributed by atoms with Crippen molar-refractivity contribution in [1.29, 1.82) is 0 Å². The number of carbonyl (C=O) groups excluding carboxylic acids is 1. The van der Waals surface area contributed by atoms with Crippen LogP contribution in [-0.2, 0) is 24.2 Å². The van der Waals surface area contributed by atoms with Crippen LogP contribution in [0.3, 0.4) is 0 Å². The van der Waals surface area contributed by atoms with Crippen LogP contribution in [0.15, 0.2) is 4.79 Å². The van der Waals surface area contributed by atoms with Gasteiger partial charge in [-0.25, -0.2) is 4.98 Å². The third-order valence-electron chi connectivity index (χ3n) is 3.69.